The van der Waals surface area contributed by atoms with E-state index < -0.39 is 6.03 Å². The highest BCUT2D eigenvalue weighted by Crippen LogP contribution is 2.34. The lowest BCUT2D eigenvalue weighted by atomic mass is 10.2. The summed E-state index contributed by atoms with van der Waals surface area (Å²) in [6.45, 7) is 4.96. The zero-order valence-corrected chi connectivity index (χ0v) is 15.4. The first kappa shape index (κ1) is 18.7. The van der Waals surface area contributed by atoms with Crippen molar-refractivity contribution in [3.05, 3.63) is 54.1 Å². The molecule has 0 aliphatic carbocycles. The zero-order valence-electron chi connectivity index (χ0n) is 15.4. The fourth-order valence-corrected chi connectivity index (χ4v) is 2.73. The van der Waals surface area contributed by atoms with E-state index in [-0.39, 0.29) is 25.3 Å². The second-order valence-corrected chi connectivity index (χ2v) is 6.55. The van der Waals surface area contributed by atoms with Gasteiger partial charge in [0.1, 0.15) is 0 Å². The fraction of sp³-hybridized carbons (Fsp3) is 0.300. The van der Waals surface area contributed by atoms with Gasteiger partial charge in [-0.15, -0.1) is 0 Å². The van der Waals surface area contributed by atoms with Crippen molar-refractivity contribution in [2.75, 3.05) is 18.7 Å². The van der Waals surface area contributed by atoms with Gasteiger partial charge in [0.05, 0.1) is 6.54 Å². The van der Waals surface area contributed by atoms with E-state index in [2.05, 4.69) is 10.6 Å². The Hall–Kier alpha value is -3.06. The highest BCUT2D eigenvalue weighted by atomic mass is 16.7. The van der Waals surface area contributed by atoms with Crippen LogP contribution in [0.15, 0.2) is 48.5 Å². The van der Waals surface area contributed by atoms with Crippen LogP contribution in [0.4, 0.5) is 10.5 Å². The minimum absolute atomic E-state index is 0.126. The average molecular weight is 369 g/mol. The summed E-state index contributed by atoms with van der Waals surface area (Å²) in [5, 5.41) is 4.99. The van der Waals surface area contributed by atoms with Crippen LogP contribution >= 0.6 is 0 Å². The van der Waals surface area contributed by atoms with Gasteiger partial charge in [-0.2, -0.15) is 0 Å². The average Bonchev–Trinajstić information content (AvgIpc) is 3.09. The van der Waals surface area contributed by atoms with Crippen molar-refractivity contribution in [3.8, 4) is 11.5 Å². The van der Waals surface area contributed by atoms with E-state index in [0.717, 1.165) is 5.56 Å². The summed E-state index contributed by atoms with van der Waals surface area (Å²) in [5.74, 6) is 0.830. The first-order valence-corrected chi connectivity index (χ1v) is 8.80. The first-order valence-electron chi connectivity index (χ1n) is 8.80. The zero-order chi connectivity index (χ0) is 19.2. The maximum Gasteiger partial charge on any atom is 0.325 e. The number of anilines is 1. The molecule has 7 nitrogen and oxygen atoms in total. The summed E-state index contributed by atoms with van der Waals surface area (Å²) in [6, 6.07) is 14.5. The summed E-state index contributed by atoms with van der Waals surface area (Å²) >= 11 is 0. The molecule has 1 aliphatic heterocycles. The molecule has 0 bridgehead atoms. The Bertz CT molecular complexity index is 808. The van der Waals surface area contributed by atoms with Gasteiger partial charge in [-0.1, -0.05) is 30.3 Å². The Morgan fingerprint density at radius 3 is 2.56 bits per heavy atom. The van der Waals surface area contributed by atoms with E-state index in [9.17, 15) is 9.59 Å². The van der Waals surface area contributed by atoms with Crippen molar-refractivity contribution in [3.63, 3.8) is 0 Å². The van der Waals surface area contributed by atoms with Crippen molar-refractivity contribution < 1.29 is 19.1 Å². The van der Waals surface area contributed by atoms with E-state index in [1.807, 2.05) is 49.1 Å². The predicted molar refractivity (Wildman–Crippen MR) is 102 cm³/mol. The summed E-state index contributed by atoms with van der Waals surface area (Å²) in [6.07, 6.45) is 0. The van der Waals surface area contributed by atoms with Crippen molar-refractivity contribution in [2.45, 2.75) is 26.4 Å². The number of urea groups is 1. The van der Waals surface area contributed by atoms with Crippen LogP contribution in [0.1, 0.15) is 19.4 Å². The van der Waals surface area contributed by atoms with Crippen molar-refractivity contribution in [2.24, 2.45) is 0 Å². The van der Waals surface area contributed by atoms with Crippen LogP contribution in [0.25, 0.3) is 0 Å². The molecule has 0 radical (unpaired) electrons. The minimum Gasteiger partial charge on any atom is -0.454 e. The number of nitrogens with one attached hydrogen (secondary N) is 2. The number of hydrogen-bond donors (Lipinski definition) is 2. The summed E-state index contributed by atoms with van der Waals surface area (Å²) in [7, 11) is 0. The molecule has 1 heterocycles. The van der Waals surface area contributed by atoms with Crippen LogP contribution in [0.2, 0.25) is 0 Å². The molecule has 2 aromatic carbocycles. The molecule has 0 fully saturated rings. The van der Waals surface area contributed by atoms with Gasteiger partial charge in [0.25, 0.3) is 0 Å². The van der Waals surface area contributed by atoms with E-state index in [1.165, 1.54) is 0 Å². The number of rotatable bonds is 6. The van der Waals surface area contributed by atoms with Crippen LogP contribution in [0, 0.1) is 0 Å². The molecule has 0 saturated heterocycles. The van der Waals surface area contributed by atoms with Gasteiger partial charge in [-0.25, -0.2) is 4.79 Å². The molecule has 3 rings (SSSR count). The van der Waals surface area contributed by atoms with Gasteiger partial charge in [0.15, 0.2) is 11.5 Å². The Morgan fingerprint density at radius 2 is 1.81 bits per heavy atom. The Kier molecular flexibility index (Phi) is 5.93. The number of carbonyl (C=O) groups is 2. The summed E-state index contributed by atoms with van der Waals surface area (Å²) in [5.41, 5.74) is 1.64. The highest BCUT2D eigenvalue weighted by molar-refractivity contribution is 6.01. The summed E-state index contributed by atoms with van der Waals surface area (Å²) in [4.78, 5) is 26.4. The van der Waals surface area contributed by atoms with Crippen molar-refractivity contribution >= 4 is 17.6 Å². The monoisotopic (exact) mass is 369 g/mol. The van der Waals surface area contributed by atoms with Crippen LogP contribution in [0.5, 0.6) is 11.5 Å². The lowest BCUT2D eigenvalue weighted by Crippen LogP contribution is -2.43. The number of hydrogen-bond acceptors (Lipinski definition) is 5. The quantitative estimate of drug-likeness (QED) is 0.818. The van der Waals surface area contributed by atoms with E-state index >= 15 is 0 Å². The molecular weight excluding hydrogens is 346 g/mol. The number of amides is 3. The third-order valence-corrected chi connectivity index (χ3v) is 4.19. The molecule has 0 spiro atoms. The Labute approximate surface area is 158 Å². The van der Waals surface area contributed by atoms with Crippen LogP contribution in [-0.4, -0.2) is 36.2 Å². The molecule has 0 saturated carbocycles. The summed E-state index contributed by atoms with van der Waals surface area (Å²) < 4.78 is 10.5. The van der Waals surface area contributed by atoms with Gasteiger partial charge >= 0.3 is 6.03 Å². The van der Waals surface area contributed by atoms with Crippen LogP contribution < -0.4 is 20.1 Å². The fourth-order valence-electron chi connectivity index (χ4n) is 2.73. The molecule has 3 amide bonds. The molecule has 0 atom stereocenters. The molecule has 142 valence electrons. The van der Waals surface area contributed by atoms with Gasteiger partial charge in [0.2, 0.25) is 12.7 Å². The first-order chi connectivity index (χ1) is 13.0. The molecule has 27 heavy (non-hydrogen) atoms. The lowest BCUT2D eigenvalue weighted by Gasteiger charge is -2.25. The number of nitrogens with zero attached hydrogens (tertiary/aromatic N) is 1. The van der Waals surface area contributed by atoms with Gasteiger partial charge in [0, 0.05) is 24.3 Å². The normalized spacial score (nSPS) is 12.3. The molecule has 1 aliphatic rings. The lowest BCUT2D eigenvalue weighted by molar-refractivity contribution is -0.121. The number of imide groups is 1. The SMILES string of the molecule is CC(C)N(CC(=O)NC(=O)Nc1ccc2c(c1)OCO2)Cc1ccccc1. The molecule has 0 aromatic heterocycles. The van der Waals surface area contributed by atoms with Crippen LogP contribution in [0.3, 0.4) is 0 Å². The Morgan fingerprint density at radius 1 is 1.07 bits per heavy atom. The van der Waals surface area contributed by atoms with Gasteiger partial charge < -0.3 is 14.8 Å². The maximum atomic E-state index is 12.3. The number of ether oxygens (including phenoxy) is 2. The van der Waals surface area contributed by atoms with Gasteiger partial charge in [-0.3, -0.25) is 15.0 Å². The highest BCUT2D eigenvalue weighted by Gasteiger charge is 2.18. The second kappa shape index (κ2) is 8.55. The predicted octanol–water partition coefficient (Wildman–Crippen LogP) is 2.97. The third-order valence-electron chi connectivity index (χ3n) is 4.19. The van der Waals surface area contributed by atoms with Crippen molar-refractivity contribution in [1.82, 2.24) is 10.2 Å². The molecule has 2 N–H and O–H groups in total. The van der Waals surface area contributed by atoms with Crippen molar-refractivity contribution in [1.29, 1.82) is 0 Å². The molecule has 7 heteroatoms. The van der Waals surface area contributed by atoms with E-state index in [0.29, 0.717) is 23.7 Å². The maximum absolute atomic E-state index is 12.3. The van der Waals surface area contributed by atoms with E-state index in [4.69, 9.17) is 9.47 Å². The number of fused-ring (bicyclic) bond motifs is 1. The second-order valence-electron chi connectivity index (χ2n) is 6.55. The minimum atomic E-state index is -0.581. The number of benzene rings is 2. The molecule has 2 aromatic rings. The van der Waals surface area contributed by atoms with Crippen LogP contribution in [-0.2, 0) is 11.3 Å². The van der Waals surface area contributed by atoms with Gasteiger partial charge in [-0.05, 0) is 31.5 Å². The molecular formula is C20H23N3O4. The number of carbonyl (C=O) groups excluding carboxylic acids is 2. The third kappa shape index (κ3) is 5.21. The smallest absolute Gasteiger partial charge is 0.325 e. The Balaban J connectivity index is 1.53. The van der Waals surface area contributed by atoms with E-state index in [1.54, 1.807) is 18.2 Å². The topological polar surface area (TPSA) is 79.9 Å². The largest absolute Gasteiger partial charge is 0.454 e. The standard InChI is InChI=1S/C20H23N3O4/c1-14(2)23(11-15-6-4-3-5-7-15)12-19(24)22-20(25)21-16-8-9-17-18(10-16)27-13-26-17/h3-10,14H,11-13H2,1-2H3,(H2,21,22,24,25). The molecule has 0 unspecified atom stereocenters.